The summed E-state index contributed by atoms with van der Waals surface area (Å²) >= 11 is 0. The summed E-state index contributed by atoms with van der Waals surface area (Å²) in [7, 11) is 3.13. The highest BCUT2D eigenvalue weighted by Crippen LogP contribution is 2.53. The lowest BCUT2D eigenvalue weighted by atomic mass is 9.61. The van der Waals surface area contributed by atoms with Gasteiger partial charge < -0.3 is 14.2 Å². The molecule has 2 saturated heterocycles. The molecule has 1 spiro atoms. The van der Waals surface area contributed by atoms with E-state index in [2.05, 4.69) is 35.7 Å². The summed E-state index contributed by atoms with van der Waals surface area (Å²) in [6.45, 7) is 1.35. The van der Waals surface area contributed by atoms with Gasteiger partial charge in [0.05, 0.1) is 14.2 Å². The lowest BCUT2D eigenvalue weighted by Gasteiger charge is -2.52. The fourth-order valence-electron chi connectivity index (χ4n) is 4.73. The standard InChI is InChI=1S/C21H25NO4/c1-24-15-8-6-14(7-9-15)18-16-4-3-5-17(16)21(10-12-26-13-11-21)19(22-18)20(23)25-2/h3-9,16,18-19,22H,10-13H2,1-2H3. The van der Waals surface area contributed by atoms with E-state index in [9.17, 15) is 4.79 Å². The topological polar surface area (TPSA) is 56.8 Å². The smallest absolute Gasteiger partial charge is 0.323 e. The van der Waals surface area contributed by atoms with E-state index in [1.807, 2.05) is 12.1 Å². The molecule has 3 aliphatic rings. The van der Waals surface area contributed by atoms with Gasteiger partial charge >= 0.3 is 5.97 Å². The molecule has 0 aromatic heterocycles. The van der Waals surface area contributed by atoms with Crippen LogP contribution < -0.4 is 10.1 Å². The van der Waals surface area contributed by atoms with Gasteiger partial charge in [-0.3, -0.25) is 10.1 Å². The highest BCUT2D eigenvalue weighted by Gasteiger charge is 2.55. The molecule has 5 heteroatoms. The molecular weight excluding hydrogens is 330 g/mol. The molecule has 2 fully saturated rings. The van der Waals surface area contributed by atoms with E-state index in [1.165, 1.54) is 12.7 Å². The van der Waals surface area contributed by atoms with Crippen LogP contribution >= 0.6 is 0 Å². The molecule has 1 aromatic carbocycles. The van der Waals surface area contributed by atoms with Gasteiger partial charge in [-0.25, -0.2) is 0 Å². The SMILES string of the molecule is COC(=O)C1NC(c2ccc(OC)cc2)C2C=CC=C2C12CCOCC2. The van der Waals surface area contributed by atoms with Gasteiger partial charge in [0, 0.05) is 30.6 Å². The monoisotopic (exact) mass is 355 g/mol. The van der Waals surface area contributed by atoms with Crippen LogP contribution in [0.15, 0.2) is 48.1 Å². The van der Waals surface area contributed by atoms with Crippen LogP contribution in [0.2, 0.25) is 0 Å². The Morgan fingerprint density at radius 3 is 2.58 bits per heavy atom. The van der Waals surface area contributed by atoms with E-state index in [0.717, 1.165) is 24.2 Å². The molecule has 1 aromatic rings. The van der Waals surface area contributed by atoms with Crippen LogP contribution in [0.4, 0.5) is 0 Å². The van der Waals surface area contributed by atoms with Crippen molar-refractivity contribution in [2.45, 2.75) is 24.9 Å². The van der Waals surface area contributed by atoms with E-state index >= 15 is 0 Å². The second kappa shape index (κ2) is 6.89. The van der Waals surface area contributed by atoms with Crippen molar-refractivity contribution in [1.82, 2.24) is 5.32 Å². The molecule has 1 N–H and O–H groups in total. The maximum absolute atomic E-state index is 12.7. The molecule has 26 heavy (non-hydrogen) atoms. The van der Waals surface area contributed by atoms with E-state index < -0.39 is 0 Å². The summed E-state index contributed by atoms with van der Waals surface area (Å²) in [6.07, 6.45) is 8.22. The summed E-state index contributed by atoms with van der Waals surface area (Å²) in [4.78, 5) is 12.7. The summed E-state index contributed by atoms with van der Waals surface area (Å²) in [6, 6.07) is 7.72. The van der Waals surface area contributed by atoms with Crippen molar-refractivity contribution in [3.8, 4) is 5.75 Å². The van der Waals surface area contributed by atoms with Crippen molar-refractivity contribution in [2.24, 2.45) is 11.3 Å². The summed E-state index contributed by atoms with van der Waals surface area (Å²) in [5.74, 6) is 0.867. The quantitative estimate of drug-likeness (QED) is 0.845. The van der Waals surface area contributed by atoms with Crippen LogP contribution in [0.1, 0.15) is 24.4 Å². The third kappa shape index (κ3) is 2.66. The number of piperidine rings is 1. The molecule has 0 saturated carbocycles. The summed E-state index contributed by atoms with van der Waals surface area (Å²) in [5, 5.41) is 3.63. The van der Waals surface area contributed by atoms with Crippen LogP contribution in [0.3, 0.4) is 0 Å². The molecule has 3 unspecified atom stereocenters. The average Bonchev–Trinajstić information content (AvgIpc) is 3.20. The number of nitrogens with one attached hydrogen (secondary N) is 1. The summed E-state index contributed by atoms with van der Waals surface area (Å²) < 4.78 is 16.1. The fourth-order valence-corrected chi connectivity index (χ4v) is 4.73. The number of benzene rings is 1. The summed E-state index contributed by atoms with van der Waals surface area (Å²) in [5.41, 5.74) is 2.24. The molecule has 0 bridgehead atoms. The first-order valence-electron chi connectivity index (χ1n) is 9.14. The number of fused-ring (bicyclic) bond motifs is 2. The minimum Gasteiger partial charge on any atom is -0.497 e. The predicted octanol–water partition coefficient (Wildman–Crippen LogP) is 2.79. The number of carbonyl (C=O) groups excluding carboxylic acids is 1. The Hall–Kier alpha value is -2.11. The van der Waals surface area contributed by atoms with Gasteiger partial charge in [0.25, 0.3) is 0 Å². The highest BCUT2D eigenvalue weighted by atomic mass is 16.5. The van der Waals surface area contributed by atoms with Gasteiger partial charge in [-0.2, -0.15) is 0 Å². The van der Waals surface area contributed by atoms with Crippen molar-refractivity contribution in [1.29, 1.82) is 0 Å². The van der Waals surface area contributed by atoms with Crippen molar-refractivity contribution >= 4 is 5.97 Å². The van der Waals surface area contributed by atoms with Crippen LogP contribution in [-0.2, 0) is 14.3 Å². The molecule has 2 heterocycles. The van der Waals surface area contributed by atoms with Crippen LogP contribution in [0.5, 0.6) is 5.75 Å². The van der Waals surface area contributed by atoms with Gasteiger partial charge in [0.15, 0.2) is 0 Å². The molecule has 3 atom stereocenters. The third-order valence-corrected chi connectivity index (χ3v) is 6.08. The maximum atomic E-state index is 12.7. The Morgan fingerprint density at radius 2 is 1.92 bits per heavy atom. The Labute approximate surface area is 154 Å². The van der Waals surface area contributed by atoms with Gasteiger partial charge in [-0.05, 0) is 30.5 Å². The molecule has 0 radical (unpaired) electrons. The zero-order valence-electron chi connectivity index (χ0n) is 15.2. The minimum absolute atomic E-state index is 0.0310. The van der Waals surface area contributed by atoms with Gasteiger partial charge in [-0.15, -0.1) is 0 Å². The number of carbonyl (C=O) groups is 1. The first-order valence-corrected chi connectivity index (χ1v) is 9.14. The first kappa shape index (κ1) is 17.3. The van der Waals surface area contributed by atoms with E-state index in [4.69, 9.17) is 14.2 Å². The number of esters is 1. The first-order chi connectivity index (χ1) is 12.7. The Morgan fingerprint density at radius 1 is 1.19 bits per heavy atom. The lowest BCUT2D eigenvalue weighted by molar-refractivity contribution is -0.150. The maximum Gasteiger partial charge on any atom is 0.323 e. The average molecular weight is 355 g/mol. The zero-order chi connectivity index (χ0) is 18.1. The van der Waals surface area contributed by atoms with Crippen LogP contribution in [-0.4, -0.2) is 39.4 Å². The van der Waals surface area contributed by atoms with E-state index in [0.29, 0.717) is 13.2 Å². The number of methoxy groups -OCH3 is 2. The molecule has 0 amide bonds. The number of allylic oxidation sites excluding steroid dienone is 2. The largest absolute Gasteiger partial charge is 0.497 e. The van der Waals surface area contributed by atoms with Gasteiger partial charge in [-0.1, -0.05) is 35.9 Å². The van der Waals surface area contributed by atoms with E-state index in [1.54, 1.807) is 7.11 Å². The van der Waals surface area contributed by atoms with E-state index in [-0.39, 0.29) is 29.4 Å². The Balaban J connectivity index is 1.73. The second-order valence-electron chi connectivity index (χ2n) is 7.17. The normalized spacial score (nSPS) is 29.2. The molecule has 1 aliphatic carbocycles. The van der Waals surface area contributed by atoms with Crippen LogP contribution in [0.25, 0.3) is 0 Å². The predicted molar refractivity (Wildman–Crippen MR) is 97.9 cm³/mol. The van der Waals surface area contributed by atoms with Crippen molar-refractivity contribution < 1.29 is 19.0 Å². The van der Waals surface area contributed by atoms with Crippen LogP contribution in [0, 0.1) is 11.3 Å². The second-order valence-corrected chi connectivity index (χ2v) is 7.17. The molecule has 4 rings (SSSR count). The molecular formula is C21H25NO4. The molecule has 138 valence electrons. The number of hydrogen-bond acceptors (Lipinski definition) is 5. The molecule has 2 aliphatic heterocycles. The van der Waals surface area contributed by atoms with Crippen molar-refractivity contribution in [3.05, 3.63) is 53.6 Å². The number of rotatable bonds is 3. The minimum atomic E-state index is -0.370. The van der Waals surface area contributed by atoms with Gasteiger partial charge in [0.1, 0.15) is 11.8 Å². The lowest BCUT2D eigenvalue weighted by Crippen LogP contribution is -2.60. The third-order valence-electron chi connectivity index (χ3n) is 6.08. The Kier molecular flexibility index (Phi) is 4.59. The van der Waals surface area contributed by atoms with Gasteiger partial charge in [0.2, 0.25) is 0 Å². The number of hydrogen-bond donors (Lipinski definition) is 1. The zero-order valence-corrected chi connectivity index (χ0v) is 15.2. The number of ether oxygens (including phenoxy) is 3. The molecule has 5 nitrogen and oxygen atoms in total. The highest BCUT2D eigenvalue weighted by molar-refractivity contribution is 5.78. The fraction of sp³-hybridized carbons (Fsp3) is 0.476. The van der Waals surface area contributed by atoms with Crippen molar-refractivity contribution in [2.75, 3.05) is 27.4 Å². The Bertz CT molecular complexity index is 731. The van der Waals surface area contributed by atoms with Crippen molar-refractivity contribution in [3.63, 3.8) is 0 Å².